The van der Waals surface area contributed by atoms with E-state index in [0.717, 1.165) is 37.7 Å². The zero-order valence-corrected chi connectivity index (χ0v) is 11.2. The fraction of sp³-hybridized carbons (Fsp3) is 0.600. The van der Waals surface area contributed by atoms with Crippen LogP contribution in [0.25, 0.3) is 0 Å². The van der Waals surface area contributed by atoms with Gasteiger partial charge >= 0.3 is 0 Å². The van der Waals surface area contributed by atoms with Gasteiger partial charge in [0.15, 0.2) is 0 Å². The molecule has 1 saturated carbocycles. The van der Waals surface area contributed by atoms with Crippen molar-refractivity contribution in [2.24, 2.45) is 5.92 Å². The van der Waals surface area contributed by atoms with Gasteiger partial charge < -0.3 is 10.4 Å². The minimum Gasteiger partial charge on any atom is -0.396 e. The maximum Gasteiger partial charge on any atom is 0.224 e. The normalized spacial score (nSPS) is 23.0. The van der Waals surface area contributed by atoms with Crippen LogP contribution in [-0.2, 0) is 11.2 Å². The summed E-state index contributed by atoms with van der Waals surface area (Å²) in [5.74, 6) is 0.732. The molecule has 1 aromatic heterocycles. The lowest BCUT2D eigenvalue weighted by molar-refractivity contribution is -0.121. The molecule has 0 bridgehead atoms. The molecule has 19 heavy (non-hydrogen) atoms. The van der Waals surface area contributed by atoms with Crippen LogP contribution in [0.5, 0.6) is 0 Å². The Balaban J connectivity index is 1.72. The minimum absolute atomic E-state index is 0.0943. The fourth-order valence-electron chi connectivity index (χ4n) is 2.74. The van der Waals surface area contributed by atoms with Crippen molar-refractivity contribution in [2.75, 3.05) is 6.61 Å². The van der Waals surface area contributed by atoms with Crippen molar-refractivity contribution < 1.29 is 9.90 Å². The summed E-state index contributed by atoms with van der Waals surface area (Å²) >= 11 is 0. The van der Waals surface area contributed by atoms with Gasteiger partial charge in [-0.15, -0.1) is 0 Å². The number of hydrogen-bond donors (Lipinski definition) is 2. The van der Waals surface area contributed by atoms with E-state index in [1.54, 1.807) is 12.4 Å². The van der Waals surface area contributed by atoms with E-state index in [0.29, 0.717) is 18.4 Å². The van der Waals surface area contributed by atoms with E-state index < -0.39 is 0 Å². The molecule has 0 spiro atoms. The molecule has 1 fully saturated rings. The van der Waals surface area contributed by atoms with Crippen molar-refractivity contribution >= 4 is 5.91 Å². The van der Waals surface area contributed by atoms with Crippen LogP contribution >= 0.6 is 0 Å². The number of aliphatic hydroxyl groups excluding tert-OH is 1. The van der Waals surface area contributed by atoms with Crippen LogP contribution in [0.15, 0.2) is 24.5 Å². The Kier molecular flexibility index (Phi) is 5.33. The van der Waals surface area contributed by atoms with Crippen molar-refractivity contribution in [3.8, 4) is 0 Å². The van der Waals surface area contributed by atoms with Crippen LogP contribution in [0, 0.1) is 5.92 Å². The van der Waals surface area contributed by atoms with Crippen molar-refractivity contribution in [3.63, 3.8) is 0 Å². The molecule has 0 atom stereocenters. The fourth-order valence-corrected chi connectivity index (χ4v) is 2.74. The minimum atomic E-state index is 0.0943. The highest BCUT2D eigenvalue weighted by atomic mass is 16.3. The lowest BCUT2D eigenvalue weighted by atomic mass is 9.84. The summed E-state index contributed by atoms with van der Waals surface area (Å²) in [6.45, 7) is 0.281. The van der Waals surface area contributed by atoms with E-state index in [2.05, 4.69) is 10.3 Å². The summed E-state index contributed by atoms with van der Waals surface area (Å²) in [7, 11) is 0. The van der Waals surface area contributed by atoms with Crippen LogP contribution in [0.3, 0.4) is 0 Å². The number of aliphatic hydroxyl groups is 1. The van der Waals surface area contributed by atoms with Gasteiger partial charge in [0.25, 0.3) is 0 Å². The third-order valence-electron chi connectivity index (χ3n) is 3.86. The van der Waals surface area contributed by atoms with Crippen LogP contribution in [0.2, 0.25) is 0 Å². The third kappa shape index (κ3) is 4.63. The van der Waals surface area contributed by atoms with Gasteiger partial charge in [-0.3, -0.25) is 9.78 Å². The number of nitrogens with one attached hydrogen (secondary N) is 1. The smallest absolute Gasteiger partial charge is 0.224 e. The maximum absolute atomic E-state index is 11.9. The second kappa shape index (κ2) is 7.24. The molecule has 1 amide bonds. The van der Waals surface area contributed by atoms with Gasteiger partial charge in [0, 0.05) is 25.0 Å². The zero-order valence-electron chi connectivity index (χ0n) is 11.2. The molecule has 2 rings (SSSR count). The number of carbonyl (C=O) groups excluding carboxylic acids is 1. The highest BCUT2D eigenvalue weighted by Crippen LogP contribution is 2.26. The molecule has 0 aliphatic heterocycles. The first-order chi connectivity index (χ1) is 9.28. The average molecular weight is 262 g/mol. The average Bonchev–Trinajstić information content (AvgIpc) is 2.42. The second-order valence-electron chi connectivity index (χ2n) is 5.33. The lowest BCUT2D eigenvalue weighted by Crippen LogP contribution is -2.38. The number of rotatable bonds is 5. The largest absolute Gasteiger partial charge is 0.396 e. The molecule has 1 heterocycles. The van der Waals surface area contributed by atoms with Gasteiger partial charge in [0.05, 0.1) is 6.42 Å². The van der Waals surface area contributed by atoms with Gasteiger partial charge in [0.1, 0.15) is 0 Å². The monoisotopic (exact) mass is 262 g/mol. The standard InChI is InChI=1S/C15H22N2O2/c18-10-7-12-1-3-14(4-2-12)17-15(19)11-13-5-8-16-9-6-13/h5-6,8-9,12,14,18H,1-4,7,10-11H2,(H,17,19). The van der Waals surface area contributed by atoms with Crippen molar-refractivity contribution in [1.82, 2.24) is 10.3 Å². The molecule has 0 unspecified atom stereocenters. The Morgan fingerprint density at radius 1 is 1.26 bits per heavy atom. The molecule has 2 N–H and O–H groups in total. The molecule has 104 valence electrons. The molecule has 4 nitrogen and oxygen atoms in total. The molecular formula is C15H22N2O2. The summed E-state index contributed by atoms with van der Waals surface area (Å²) in [4.78, 5) is 15.9. The molecule has 1 aromatic rings. The Labute approximate surface area is 114 Å². The van der Waals surface area contributed by atoms with E-state index in [-0.39, 0.29) is 12.5 Å². The van der Waals surface area contributed by atoms with Gasteiger partial charge in [-0.1, -0.05) is 0 Å². The summed E-state index contributed by atoms with van der Waals surface area (Å²) < 4.78 is 0. The Morgan fingerprint density at radius 2 is 1.95 bits per heavy atom. The van der Waals surface area contributed by atoms with Crippen LogP contribution < -0.4 is 5.32 Å². The number of pyridine rings is 1. The predicted octanol–water partition coefficient (Wildman–Crippen LogP) is 1.68. The zero-order chi connectivity index (χ0) is 13.5. The molecule has 0 saturated heterocycles. The predicted molar refractivity (Wildman–Crippen MR) is 73.5 cm³/mol. The second-order valence-corrected chi connectivity index (χ2v) is 5.33. The third-order valence-corrected chi connectivity index (χ3v) is 3.86. The summed E-state index contributed by atoms with van der Waals surface area (Å²) in [6, 6.07) is 4.06. The number of aromatic nitrogens is 1. The Morgan fingerprint density at radius 3 is 2.58 bits per heavy atom. The van der Waals surface area contributed by atoms with Gasteiger partial charge in [-0.2, -0.15) is 0 Å². The Bertz CT molecular complexity index is 386. The van der Waals surface area contributed by atoms with E-state index in [1.807, 2.05) is 12.1 Å². The lowest BCUT2D eigenvalue weighted by Gasteiger charge is -2.28. The van der Waals surface area contributed by atoms with E-state index >= 15 is 0 Å². The number of hydrogen-bond acceptors (Lipinski definition) is 3. The SMILES string of the molecule is O=C(Cc1ccncc1)NC1CCC(CCO)CC1. The molecule has 1 aliphatic rings. The molecule has 4 heteroatoms. The topological polar surface area (TPSA) is 62.2 Å². The van der Waals surface area contributed by atoms with Crippen LogP contribution in [0.4, 0.5) is 0 Å². The van der Waals surface area contributed by atoms with Crippen molar-refractivity contribution in [3.05, 3.63) is 30.1 Å². The van der Waals surface area contributed by atoms with Crippen molar-refractivity contribution in [2.45, 2.75) is 44.6 Å². The van der Waals surface area contributed by atoms with E-state index in [4.69, 9.17) is 5.11 Å². The first kappa shape index (κ1) is 14.0. The van der Waals surface area contributed by atoms with Crippen molar-refractivity contribution in [1.29, 1.82) is 0 Å². The number of nitrogens with zero attached hydrogens (tertiary/aromatic N) is 1. The van der Waals surface area contributed by atoms with Gasteiger partial charge in [-0.25, -0.2) is 0 Å². The van der Waals surface area contributed by atoms with Gasteiger partial charge in [-0.05, 0) is 55.7 Å². The summed E-state index contributed by atoms with van der Waals surface area (Å²) in [6.07, 6.45) is 9.04. The molecule has 1 aliphatic carbocycles. The molecule has 0 aromatic carbocycles. The molecule has 0 radical (unpaired) electrons. The Hall–Kier alpha value is -1.42. The highest BCUT2D eigenvalue weighted by molar-refractivity contribution is 5.78. The highest BCUT2D eigenvalue weighted by Gasteiger charge is 2.21. The maximum atomic E-state index is 11.9. The van der Waals surface area contributed by atoms with E-state index in [9.17, 15) is 4.79 Å². The quantitative estimate of drug-likeness (QED) is 0.848. The van der Waals surface area contributed by atoms with Gasteiger partial charge in [0.2, 0.25) is 5.91 Å². The first-order valence-corrected chi connectivity index (χ1v) is 7.07. The first-order valence-electron chi connectivity index (χ1n) is 7.07. The van der Waals surface area contributed by atoms with Crippen LogP contribution in [0.1, 0.15) is 37.7 Å². The summed E-state index contributed by atoms with van der Waals surface area (Å²) in [5, 5.41) is 12.0. The number of carbonyl (C=O) groups is 1. The molecular weight excluding hydrogens is 240 g/mol. The summed E-state index contributed by atoms with van der Waals surface area (Å²) in [5.41, 5.74) is 1.00. The van der Waals surface area contributed by atoms with Crippen LogP contribution in [-0.4, -0.2) is 28.6 Å². The van der Waals surface area contributed by atoms with E-state index in [1.165, 1.54) is 0 Å². The number of amides is 1.